The van der Waals surface area contributed by atoms with Gasteiger partial charge in [0.25, 0.3) is 11.6 Å². The molecule has 2 aromatic rings. The number of thiophene rings is 1. The Morgan fingerprint density at radius 3 is 2.58 bits per heavy atom. The van der Waals surface area contributed by atoms with Crippen molar-refractivity contribution in [1.82, 2.24) is 4.90 Å². The highest BCUT2D eigenvalue weighted by atomic mass is 32.1. The Morgan fingerprint density at radius 2 is 2.00 bits per heavy atom. The monoisotopic (exact) mass is 342 g/mol. The van der Waals surface area contributed by atoms with E-state index in [9.17, 15) is 14.9 Å². The van der Waals surface area contributed by atoms with E-state index in [4.69, 9.17) is 5.26 Å². The van der Waals surface area contributed by atoms with Gasteiger partial charge < -0.3 is 9.80 Å². The largest absolute Gasteiger partial charge is 0.362 e. The van der Waals surface area contributed by atoms with Crippen LogP contribution < -0.4 is 4.90 Å². The first-order valence-corrected chi connectivity index (χ1v) is 8.24. The molecule has 0 spiro atoms. The summed E-state index contributed by atoms with van der Waals surface area (Å²) in [6.45, 7) is 1.97. The lowest BCUT2D eigenvalue weighted by molar-refractivity contribution is -0.384. The van der Waals surface area contributed by atoms with Crippen molar-refractivity contribution in [1.29, 1.82) is 5.26 Å². The average molecular weight is 342 g/mol. The normalized spacial score (nSPS) is 14.3. The minimum atomic E-state index is -0.445. The lowest BCUT2D eigenvalue weighted by atomic mass is 10.1. The van der Waals surface area contributed by atoms with E-state index in [0.717, 1.165) is 0 Å². The van der Waals surface area contributed by atoms with Gasteiger partial charge >= 0.3 is 0 Å². The van der Waals surface area contributed by atoms with Crippen molar-refractivity contribution in [2.75, 3.05) is 31.1 Å². The number of nitro benzene ring substituents is 1. The fourth-order valence-corrected chi connectivity index (χ4v) is 3.40. The number of nitrogens with zero attached hydrogens (tertiary/aromatic N) is 4. The molecular formula is C16H14N4O3S. The van der Waals surface area contributed by atoms with Crippen LogP contribution in [0.2, 0.25) is 0 Å². The molecule has 122 valence electrons. The highest BCUT2D eigenvalue weighted by Crippen LogP contribution is 2.30. The highest BCUT2D eigenvalue weighted by molar-refractivity contribution is 7.12. The highest BCUT2D eigenvalue weighted by Gasteiger charge is 2.26. The first-order chi connectivity index (χ1) is 11.6. The van der Waals surface area contributed by atoms with Gasteiger partial charge in [-0.25, -0.2) is 0 Å². The van der Waals surface area contributed by atoms with Gasteiger partial charge in [-0.15, -0.1) is 11.3 Å². The van der Waals surface area contributed by atoms with E-state index in [1.165, 1.54) is 29.5 Å². The maximum Gasteiger partial charge on any atom is 0.292 e. The number of carbonyl (C=O) groups excluding carboxylic acids is 1. The predicted octanol–water partition coefficient (Wildman–Crippen LogP) is 2.49. The number of piperazine rings is 1. The Bertz CT molecular complexity index is 805. The van der Waals surface area contributed by atoms with E-state index >= 15 is 0 Å². The SMILES string of the molecule is N#Cc1ccc([N+](=O)[O-])c(N2CCN(C(=O)c3cccs3)CC2)c1. The molecule has 1 aromatic heterocycles. The fraction of sp³-hybridized carbons (Fsp3) is 0.250. The molecule has 1 saturated heterocycles. The zero-order valence-electron chi connectivity index (χ0n) is 12.7. The van der Waals surface area contributed by atoms with Gasteiger partial charge in [0, 0.05) is 32.2 Å². The van der Waals surface area contributed by atoms with Crippen molar-refractivity contribution in [3.05, 3.63) is 56.3 Å². The number of hydrogen-bond donors (Lipinski definition) is 0. The molecule has 8 heteroatoms. The van der Waals surface area contributed by atoms with Crippen molar-refractivity contribution in [3.8, 4) is 6.07 Å². The Hall–Kier alpha value is -2.92. The van der Waals surface area contributed by atoms with Crippen LogP contribution in [0.5, 0.6) is 0 Å². The van der Waals surface area contributed by atoms with E-state index in [1.54, 1.807) is 11.0 Å². The third-order valence-corrected chi connectivity index (χ3v) is 4.80. The van der Waals surface area contributed by atoms with E-state index in [-0.39, 0.29) is 11.6 Å². The maximum atomic E-state index is 12.3. The van der Waals surface area contributed by atoms with Gasteiger partial charge in [0.1, 0.15) is 5.69 Å². The number of hydrogen-bond acceptors (Lipinski definition) is 6. The van der Waals surface area contributed by atoms with E-state index < -0.39 is 4.92 Å². The minimum absolute atomic E-state index is 0.00933. The lowest BCUT2D eigenvalue weighted by Gasteiger charge is -2.35. The van der Waals surface area contributed by atoms with E-state index in [0.29, 0.717) is 42.3 Å². The molecule has 1 aliphatic heterocycles. The first kappa shape index (κ1) is 16.0. The van der Waals surface area contributed by atoms with Crippen LogP contribution in [0.15, 0.2) is 35.7 Å². The van der Waals surface area contributed by atoms with Gasteiger partial charge in [0.2, 0.25) is 0 Å². The summed E-state index contributed by atoms with van der Waals surface area (Å²) in [6, 6.07) is 9.97. The lowest BCUT2D eigenvalue weighted by Crippen LogP contribution is -2.48. The topological polar surface area (TPSA) is 90.5 Å². The smallest absolute Gasteiger partial charge is 0.292 e. The summed E-state index contributed by atoms with van der Waals surface area (Å²) in [7, 11) is 0. The van der Waals surface area contributed by atoms with Gasteiger partial charge in [0.15, 0.2) is 0 Å². The summed E-state index contributed by atoms with van der Waals surface area (Å²) in [6.07, 6.45) is 0. The zero-order valence-corrected chi connectivity index (χ0v) is 13.5. The van der Waals surface area contributed by atoms with Gasteiger partial charge in [-0.1, -0.05) is 6.07 Å². The van der Waals surface area contributed by atoms with Crippen LogP contribution in [0.4, 0.5) is 11.4 Å². The van der Waals surface area contributed by atoms with Crippen LogP contribution in [0, 0.1) is 21.4 Å². The quantitative estimate of drug-likeness (QED) is 0.631. The molecule has 1 aliphatic rings. The van der Waals surface area contributed by atoms with Gasteiger partial charge in [-0.2, -0.15) is 5.26 Å². The van der Waals surface area contributed by atoms with Crippen LogP contribution >= 0.6 is 11.3 Å². The van der Waals surface area contributed by atoms with Crippen LogP contribution in [0.3, 0.4) is 0 Å². The Morgan fingerprint density at radius 1 is 1.25 bits per heavy atom. The van der Waals surface area contributed by atoms with Crippen molar-refractivity contribution in [2.45, 2.75) is 0 Å². The zero-order chi connectivity index (χ0) is 17.1. The van der Waals surface area contributed by atoms with Crippen molar-refractivity contribution in [3.63, 3.8) is 0 Å². The summed E-state index contributed by atoms with van der Waals surface area (Å²) < 4.78 is 0. The van der Waals surface area contributed by atoms with E-state index in [1.807, 2.05) is 22.4 Å². The molecule has 1 aromatic carbocycles. The molecule has 7 nitrogen and oxygen atoms in total. The number of carbonyl (C=O) groups is 1. The summed E-state index contributed by atoms with van der Waals surface area (Å²) in [4.78, 5) is 27.4. The van der Waals surface area contributed by atoms with E-state index in [2.05, 4.69) is 0 Å². The third kappa shape index (κ3) is 3.07. The van der Waals surface area contributed by atoms with Crippen molar-refractivity contribution in [2.24, 2.45) is 0 Å². The molecule has 3 rings (SSSR count). The number of nitro groups is 1. The molecule has 1 fully saturated rings. The molecule has 1 amide bonds. The second-order valence-corrected chi connectivity index (χ2v) is 6.28. The Labute approximate surface area is 142 Å². The van der Waals surface area contributed by atoms with Crippen LogP contribution in [0.25, 0.3) is 0 Å². The van der Waals surface area contributed by atoms with Crippen molar-refractivity contribution < 1.29 is 9.72 Å². The standard InChI is InChI=1S/C16H14N4O3S/c17-11-12-3-4-13(20(22)23)14(10-12)18-5-7-19(8-6-18)16(21)15-2-1-9-24-15/h1-4,9-10H,5-8H2. The Balaban J connectivity index is 1.76. The molecule has 0 atom stereocenters. The summed E-state index contributed by atoms with van der Waals surface area (Å²) in [5, 5.41) is 22.1. The number of nitriles is 1. The first-order valence-electron chi connectivity index (χ1n) is 7.36. The molecule has 0 radical (unpaired) electrons. The number of rotatable bonds is 3. The minimum Gasteiger partial charge on any atom is -0.362 e. The maximum absolute atomic E-state index is 12.3. The van der Waals surface area contributed by atoms with Gasteiger partial charge in [-0.05, 0) is 23.6 Å². The molecular weight excluding hydrogens is 328 g/mol. The molecule has 0 aliphatic carbocycles. The van der Waals surface area contributed by atoms with Gasteiger partial charge in [-0.3, -0.25) is 14.9 Å². The second-order valence-electron chi connectivity index (χ2n) is 5.33. The molecule has 0 N–H and O–H groups in total. The molecule has 0 bridgehead atoms. The summed E-state index contributed by atoms with van der Waals surface area (Å²) in [5.74, 6) is -0.00933. The van der Waals surface area contributed by atoms with Gasteiger partial charge in [0.05, 0.1) is 21.4 Å². The molecule has 0 unspecified atom stereocenters. The molecule has 24 heavy (non-hydrogen) atoms. The summed E-state index contributed by atoms with van der Waals surface area (Å²) in [5.41, 5.74) is 0.794. The molecule has 0 saturated carbocycles. The third-order valence-electron chi connectivity index (χ3n) is 3.94. The van der Waals surface area contributed by atoms with Crippen LogP contribution in [-0.2, 0) is 0 Å². The van der Waals surface area contributed by atoms with Crippen molar-refractivity contribution >= 4 is 28.6 Å². The predicted molar refractivity (Wildman–Crippen MR) is 90.2 cm³/mol. The van der Waals surface area contributed by atoms with Crippen LogP contribution in [-0.4, -0.2) is 41.9 Å². The number of benzene rings is 1. The Kier molecular flexibility index (Phi) is 4.44. The molecule has 2 heterocycles. The van der Waals surface area contributed by atoms with Crippen LogP contribution in [0.1, 0.15) is 15.2 Å². The number of anilines is 1. The average Bonchev–Trinajstić information content (AvgIpc) is 3.15. The summed E-state index contributed by atoms with van der Waals surface area (Å²) >= 11 is 1.40. The second kappa shape index (κ2) is 6.68. The fourth-order valence-electron chi connectivity index (χ4n) is 2.71. The number of amides is 1.